The summed E-state index contributed by atoms with van der Waals surface area (Å²) >= 11 is 0. The number of fused-ring (bicyclic) bond motifs is 1. The maximum Gasteiger partial charge on any atom is 0.250 e. The molecule has 5 rings (SSSR count). The molecule has 0 spiro atoms. The van der Waals surface area contributed by atoms with Crippen LogP contribution in [0.1, 0.15) is 31.2 Å². The molecule has 1 unspecified atom stereocenters. The van der Waals surface area contributed by atoms with Crippen LogP contribution in [0, 0.1) is 0 Å². The van der Waals surface area contributed by atoms with Gasteiger partial charge >= 0.3 is 0 Å². The number of benzene rings is 2. The third-order valence-corrected chi connectivity index (χ3v) is 7.11. The lowest BCUT2D eigenvalue weighted by atomic mass is 9.91. The average molecular weight is 489 g/mol. The van der Waals surface area contributed by atoms with Crippen LogP contribution in [0.3, 0.4) is 0 Å². The fourth-order valence-corrected chi connectivity index (χ4v) is 5.17. The first-order valence-electron chi connectivity index (χ1n) is 12.9. The summed E-state index contributed by atoms with van der Waals surface area (Å²) < 4.78 is 5.83. The zero-order valence-electron chi connectivity index (χ0n) is 21.2. The number of rotatable bonds is 7. The minimum absolute atomic E-state index is 0.0117. The highest BCUT2D eigenvalue weighted by Crippen LogP contribution is 2.26. The Balaban J connectivity index is 1.12. The molecule has 2 N–H and O–H groups in total. The number of nitrogens with one attached hydrogen (secondary N) is 2. The molecule has 2 heterocycles. The van der Waals surface area contributed by atoms with E-state index in [-0.39, 0.29) is 11.9 Å². The molecule has 1 aromatic heterocycles. The van der Waals surface area contributed by atoms with Crippen molar-refractivity contribution in [2.24, 2.45) is 0 Å². The summed E-state index contributed by atoms with van der Waals surface area (Å²) in [5.74, 6) is 1.59. The summed E-state index contributed by atoms with van der Waals surface area (Å²) in [6, 6.07) is 19.0. The fourth-order valence-electron chi connectivity index (χ4n) is 5.17. The summed E-state index contributed by atoms with van der Waals surface area (Å²) in [4.78, 5) is 26.8. The van der Waals surface area contributed by atoms with E-state index >= 15 is 0 Å². The van der Waals surface area contributed by atoms with E-state index in [0.717, 1.165) is 55.5 Å². The van der Waals surface area contributed by atoms with Crippen LogP contribution in [0.2, 0.25) is 0 Å². The number of morpholine rings is 1. The normalized spacial score (nSPS) is 22.8. The molecule has 1 atom stereocenters. The number of para-hydroxylation sites is 1. The van der Waals surface area contributed by atoms with Crippen molar-refractivity contribution in [1.29, 1.82) is 0 Å². The van der Waals surface area contributed by atoms with Gasteiger partial charge in [0.1, 0.15) is 11.9 Å². The summed E-state index contributed by atoms with van der Waals surface area (Å²) in [5.41, 5.74) is 2.20. The number of hydrogen-bond donors (Lipinski definition) is 2. The van der Waals surface area contributed by atoms with Crippen molar-refractivity contribution in [2.75, 3.05) is 44.0 Å². The van der Waals surface area contributed by atoms with Crippen molar-refractivity contribution in [1.82, 2.24) is 20.2 Å². The van der Waals surface area contributed by atoms with Gasteiger partial charge in [0.25, 0.3) is 5.91 Å². The fraction of sp³-hybridized carbons (Fsp3) is 0.464. The van der Waals surface area contributed by atoms with Crippen molar-refractivity contribution in [2.45, 2.75) is 50.4 Å². The van der Waals surface area contributed by atoms with E-state index in [1.165, 1.54) is 5.56 Å². The van der Waals surface area contributed by atoms with Gasteiger partial charge in [-0.2, -0.15) is 4.98 Å². The Morgan fingerprint density at radius 1 is 1.00 bits per heavy atom. The summed E-state index contributed by atoms with van der Waals surface area (Å²) in [6.45, 7) is 2.91. The second-order valence-electron chi connectivity index (χ2n) is 10.1. The number of aromatic nitrogens is 2. The monoisotopic (exact) mass is 488 g/mol. The highest BCUT2D eigenvalue weighted by atomic mass is 16.5. The SMILES string of the molecule is CN(C)c1nc(NC2CCC(NC(=O)C3CN(Cc4ccccc4)CCO3)CC2)nc2ccccc12. The maximum absolute atomic E-state index is 13.0. The van der Waals surface area contributed by atoms with E-state index in [2.05, 4.69) is 45.9 Å². The van der Waals surface area contributed by atoms with Gasteiger partial charge in [0.2, 0.25) is 5.95 Å². The lowest BCUT2D eigenvalue weighted by Gasteiger charge is -2.34. The molecule has 2 fully saturated rings. The molecule has 8 nitrogen and oxygen atoms in total. The number of ether oxygens (including phenoxy) is 1. The first kappa shape index (κ1) is 24.5. The van der Waals surface area contributed by atoms with E-state index in [4.69, 9.17) is 14.7 Å². The quantitative estimate of drug-likeness (QED) is 0.527. The van der Waals surface area contributed by atoms with Crippen LogP contribution in [0.5, 0.6) is 0 Å². The Morgan fingerprint density at radius 2 is 1.72 bits per heavy atom. The van der Waals surface area contributed by atoms with E-state index in [1.807, 2.05) is 43.3 Å². The molecular weight excluding hydrogens is 452 g/mol. The van der Waals surface area contributed by atoms with E-state index in [9.17, 15) is 4.79 Å². The highest BCUT2D eigenvalue weighted by Gasteiger charge is 2.30. The predicted octanol–water partition coefficient (Wildman–Crippen LogP) is 3.44. The molecule has 3 aromatic rings. The van der Waals surface area contributed by atoms with Crippen molar-refractivity contribution >= 4 is 28.6 Å². The molecule has 8 heteroatoms. The Kier molecular flexibility index (Phi) is 7.63. The number of amides is 1. The molecule has 1 saturated carbocycles. The number of anilines is 2. The Bertz CT molecular complexity index is 1160. The lowest BCUT2D eigenvalue weighted by Crippen LogP contribution is -2.52. The van der Waals surface area contributed by atoms with Gasteiger partial charge in [-0.15, -0.1) is 0 Å². The van der Waals surface area contributed by atoms with Crippen LogP contribution in [-0.4, -0.2) is 72.8 Å². The van der Waals surface area contributed by atoms with Crippen LogP contribution >= 0.6 is 0 Å². The van der Waals surface area contributed by atoms with Gasteiger partial charge in [-0.3, -0.25) is 9.69 Å². The predicted molar refractivity (Wildman–Crippen MR) is 143 cm³/mol. The number of nitrogens with zero attached hydrogens (tertiary/aromatic N) is 4. The second kappa shape index (κ2) is 11.2. The molecular formula is C28H36N6O2. The second-order valence-corrected chi connectivity index (χ2v) is 10.1. The largest absolute Gasteiger partial charge is 0.366 e. The van der Waals surface area contributed by atoms with Gasteiger partial charge in [0, 0.05) is 51.2 Å². The molecule has 1 aliphatic heterocycles. The molecule has 2 aromatic carbocycles. The standard InChI is InChI=1S/C28H36N6O2/c1-33(2)26-23-10-6-7-11-24(23)31-28(32-26)30-22-14-12-21(13-15-22)29-27(35)25-19-34(16-17-36-25)18-20-8-4-3-5-9-20/h3-11,21-22,25H,12-19H2,1-2H3,(H,29,35)(H,30,31,32). The van der Waals surface area contributed by atoms with Gasteiger partial charge < -0.3 is 20.3 Å². The molecule has 0 bridgehead atoms. The number of carbonyl (C=O) groups excluding carboxylic acids is 1. The van der Waals surface area contributed by atoms with Crippen LogP contribution in [-0.2, 0) is 16.1 Å². The first-order valence-corrected chi connectivity index (χ1v) is 12.9. The minimum Gasteiger partial charge on any atom is -0.366 e. The van der Waals surface area contributed by atoms with Crippen LogP contribution in [0.25, 0.3) is 10.9 Å². The van der Waals surface area contributed by atoms with Crippen molar-refractivity contribution in [3.05, 3.63) is 60.2 Å². The Labute approximate surface area is 213 Å². The van der Waals surface area contributed by atoms with Crippen LogP contribution < -0.4 is 15.5 Å². The van der Waals surface area contributed by atoms with Gasteiger partial charge in [-0.05, 0) is 43.4 Å². The third kappa shape index (κ3) is 5.94. The molecule has 0 radical (unpaired) electrons. The summed E-state index contributed by atoms with van der Waals surface area (Å²) in [5, 5.41) is 7.84. The minimum atomic E-state index is -0.409. The van der Waals surface area contributed by atoms with Crippen molar-refractivity contribution < 1.29 is 9.53 Å². The zero-order chi connectivity index (χ0) is 24.9. The number of carbonyl (C=O) groups is 1. The number of hydrogen-bond acceptors (Lipinski definition) is 7. The van der Waals surface area contributed by atoms with Gasteiger partial charge in [-0.1, -0.05) is 42.5 Å². The summed E-state index contributed by atoms with van der Waals surface area (Å²) in [6.07, 6.45) is 3.37. The Hall–Kier alpha value is -3.23. The summed E-state index contributed by atoms with van der Waals surface area (Å²) in [7, 11) is 4.01. The van der Waals surface area contributed by atoms with Crippen LogP contribution in [0.15, 0.2) is 54.6 Å². The highest BCUT2D eigenvalue weighted by molar-refractivity contribution is 5.90. The molecule has 1 saturated heterocycles. The molecule has 1 amide bonds. The van der Waals surface area contributed by atoms with E-state index in [1.54, 1.807) is 0 Å². The van der Waals surface area contributed by atoms with Gasteiger partial charge in [0.15, 0.2) is 0 Å². The molecule has 1 aliphatic carbocycles. The average Bonchev–Trinajstić information content (AvgIpc) is 2.90. The smallest absolute Gasteiger partial charge is 0.250 e. The third-order valence-electron chi connectivity index (χ3n) is 7.11. The van der Waals surface area contributed by atoms with Crippen LogP contribution in [0.4, 0.5) is 11.8 Å². The van der Waals surface area contributed by atoms with Crippen molar-refractivity contribution in [3.8, 4) is 0 Å². The van der Waals surface area contributed by atoms with E-state index < -0.39 is 6.10 Å². The van der Waals surface area contributed by atoms with E-state index in [0.29, 0.717) is 25.1 Å². The zero-order valence-corrected chi connectivity index (χ0v) is 21.2. The first-order chi connectivity index (χ1) is 17.5. The maximum atomic E-state index is 13.0. The lowest BCUT2D eigenvalue weighted by molar-refractivity contribution is -0.139. The Morgan fingerprint density at radius 3 is 2.50 bits per heavy atom. The molecule has 190 valence electrons. The van der Waals surface area contributed by atoms with Gasteiger partial charge in [0.05, 0.1) is 12.1 Å². The molecule has 36 heavy (non-hydrogen) atoms. The van der Waals surface area contributed by atoms with Crippen molar-refractivity contribution in [3.63, 3.8) is 0 Å². The molecule has 2 aliphatic rings. The van der Waals surface area contributed by atoms with Gasteiger partial charge in [-0.25, -0.2) is 4.98 Å². The topological polar surface area (TPSA) is 82.6 Å².